The molecule has 0 radical (unpaired) electrons. The van der Waals surface area contributed by atoms with Crippen molar-refractivity contribution in [2.75, 3.05) is 29.5 Å². The smallest absolute Gasteiger partial charge is 0.265 e. The van der Waals surface area contributed by atoms with Gasteiger partial charge in [-0.15, -0.1) is 0 Å². The van der Waals surface area contributed by atoms with Crippen LogP contribution in [-0.4, -0.2) is 40.3 Å². The van der Waals surface area contributed by atoms with Gasteiger partial charge in [-0.3, -0.25) is 9.10 Å². The van der Waals surface area contributed by atoms with E-state index in [-0.39, 0.29) is 18.7 Å². The number of carbonyl (C=O) groups excluding carboxylic acids is 1. The molecule has 7 nitrogen and oxygen atoms in total. The lowest BCUT2D eigenvalue weighted by molar-refractivity contribution is -0.122. The van der Waals surface area contributed by atoms with Crippen LogP contribution in [0, 0.1) is 0 Å². The van der Waals surface area contributed by atoms with Gasteiger partial charge in [0.25, 0.3) is 5.91 Å². The molecule has 27 heavy (non-hydrogen) atoms. The van der Waals surface area contributed by atoms with Gasteiger partial charge in [0.1, 0.15) is 11.5 Å². The van der Waals surface area contributed by atoms with Gasteiger partial charge in [-0.2, -0.15) is 0 Å². The first-order valence-electron chi connectivity index (χ1n) is 8.17. The Labute approximate surface area is 162 Å². The minimum atomic E-state index is -3.56. The van der Waals surface area contributed by atoms with Gasteiger partial charge in [-0.25, -0.2) is 8.42 Å². The summed E-state index contributed by atoms with van der Waals surface area (Å²) >= 11 is 6.01. The topological polar surface area (TPSA) is 84.9 Å². The molecule has 0 saturated carbocycles. The van der Waals surface area contributed by atoms with Crippen LogP contribution < -0.4 is 19.1 Å². The molecule has 3 rings (SSSR count). The van der Waals surface area contributed by atoms with Crippen LogP contribution >= 0.6 is 11.6 Å². The standard InChI is InChI=1S/C18H19ClN2O5S/c1-25-15-6-4-3-5-13(15)20-18(22)17-9-10-21(27(2,23)24)14-11-12(19)7-8-16(14)26-17/h3-8,11,17H,9-10H2,1-2H3,(H,20,22). The zero-order valence-electron chi connectivity index (χ0n) is 14.8. The number of nitrogens with zero attached hydrogens (tertiary/aromatic N) is 1. The SMILES string of the molecule is COc1ccccc1NC(=O)C1CCN(S(C)(=O)=O)c2cc(Cl)ccc2O1. The normalized spacial score (nSPS) is 16.7. The molecule has 0 saturated heterocycles. The van der Waals surface area contributed by atoms with E-state index in [2.05, 4.69) is 5.32 Å². The highest BCUT2D eigenvalue weighted by atomic mass is 35.5. The Morgan fingerprint density at radius 1 is 1.30 bits per heavy atom. The lowest BCUT2D eigenvalue weighted by Crippen LogP contribution is -2.36. The van der Waals surface area contributed by atoms with E-state index in [0.717, 1.165) is 6.26 Å². The Balaban J connectivity index is 1.89. The number of anilines is 2. The van der Waals surface area contributed by atoms with Gasteiger partial charge in [-0.05, 0) is 30.3 Å². The van der Waals surface area contributed by atoms with E-state index in [0.29, 0.717) is 22.1 Å². The first-order chi connectivity index (χ1) is 12.8. The Hall–Kier alpha value is -2.45. The number of nitrogens with one attached hydrogen (secondary N) is 1. The maximum absolute atomic E-state index is 12.7. The number of rotatable bonds is 4. The zero-order valence-corrected chi connectivity index (χ0v) is 16.4. The van der Waals surface area contributed by atoms with E-state index in [4.69, 9.17) is 21.1 Å². The van der Waals surface area contributed by atoms with Crippen LogP contribution in [0.2, 0.25) is 5.02 Å². The van der Waals surface area contributed by atoms with Crippen molar-refractivity contribution in [3.63, 3.8) is 0 Å². The Kier molecular flexibility index (Phi) is 5.48. The van der Waals surface area contributed by atoms with Gasteiger partial charge in [-0.1, -0.05) is 23.7 Å². The number of amides is 1. The van der Waals surface area contributed by atoms with Crippen LogP contribution in [0.3, 0.4) is 0 Å². The molecule has 0 aromatic heterocycles. The summed E-state index contributed by atoms with van der Waals surface area (Å²) < 4.78 is 36.6. The molecule has 2 aromatic carbocycles. The predicted octanol–water partition coefficient (Wildman–Crippen LogP) is 2.90. The number of carbonyl (C=O) groups is 1. The van der Waals surface area contributed by atoms with E-state index in [1.165, 1.54) is 17.5 Å². The summed E-state index contributed by atoms with van der Waals surface area (Å²) in [5.41, 5.74) is 0.826. The number of sulfonamides is 1. The van der Waals surface area contributed by atoms with Crippen molar-refractivity contribution in [1.29, 1.82) is 0 Å². The third kappa shape index (κ3) is 4.28. The maximum atomic E-state index is 12.7. The molecule has 144 valence electrons. The highest BCUT2D eigenvalue weighted by Crippen LogP contribution is 2.36. The molecule has 1 N–H and O–H groups in total. The third-order valence-corrected chi connectivity index (χ3v) is 5.53. The van der Waals surface area contributed by atoms with Gasteiger partial charge >= 0.3 is 0 Å². The molecule has 2 aromatic rings. The molecule has 1 amide bonds. The van der Waals surface area contributed by atoms with Crippen LogP contribution in [0.1, 0.15) is 6.42 Å². The fourth-order valence-corrected chi connectivity index (χ4v) is 3.95. The number of halogens is 1. The molecule has 1 unspecified atom stereocenters. The molecule has 9 heteroatoms. The molecule has 0 bridgehead atoms. The highest BCUT2D eigenvalue weighted by Gasteiger charge is 2.31. The minimum absolute atomic E-state index is 0.0934. The average Bonchev–Trinajstić information content (AvgIpc) is 2.81. The summed E-state index contributed by atoms with van der Waals surface area (Å²) in [5, 5.41) is 3.15. The van der Waals surface area contributed by atoms with Crippen molar-refractivity contribution in [2.24, 2.45) is 0 Å². The quantitative estimate of drug-likeness (QED) is 0.837. The predicted molar refractivity (Wildman–Crippen MR) is 104 cm³/mol. The molecule has 1 aliphatic heterocycles. The number of fused-ring (bicyclic) bond motifs is 1. The van der Waals surface area contributed by atoms with Crippen molar-refractivity contribution in [3.05, 3.63) is 47.5 Å². The molecule has 0 spiro atoms. The second kappa shape index (κ2) is 7.66. The van der Waals surface area contributed by atoms with Gasteiger partial charge in [0, 0.05) is 18.0 Å². The Morgan fingerprint density at radius 3 is 2.74 bits per heavy atom. The van der Waals surface area contributed by atoms with Gasteiger partial charge in [0.2, 0.25) is 10.0 Å². The van der Waals surface area contributed by atoms with E-state index in [9.17, 15) is 13.2 Å². The summed E-state index contributed by atoms with van der Waals surface area (Å²) in [6.07, 6.45) is 0.411. The molecule has 1 atom stereocenters. The van der Waals surface area contributed by atoms with Gasteiger partial charge in [0.05, 0.1) is 24.7 Å². The number of hydrogen-bond acceptors (Lipinski definition) is 5. The van der Waals surface area contributed by atoms with Gasteiger partial charge in [0.15, 0.2) is 6.10 Å². The van der Waals surface area contributed by atoms with E-state index < -0.39 is 22.0 Å². The summed E-state index contributed by atoms with van der Waals surface area (Å²) in [4.78, 5) is 12.7. The molecular weight excluding hydrogens is 392 g/mol. The monoisotopic (exact) mass is 410 g/mol. The summed E-state index contributed by atoms with van der Waals surface area (Å²) in [7, 11) is -2.04. The van der Waals surface area contributed by atoms with Gasteiger partial charge < -0.3 is 14.8 Å². The van der Waals surface area contributed by atoms with Crippen LogP contribution in [-0.2, 0) is 14.8 Å². The number of para-hydroxylation sites is 2. The first-order valence-corrected chi connectivity index (χ1v) is 10.4. The van der Waals surface area contributed by atoms with Crippen molar-refractivity contribution in [2.45, 2.75) is 12.5 Å². The van der Waals surface area contributed by atoms with Crippen molar-refractivity contribution in [1.82, 2.24) is 0 Å². The number of ether oxygens (including phenoxy) is 2. The lowest BCUT2D eigenvalue weighted by Gasteiger charge is -2.21. The van der Waals surface area contributed by atoms with Crippen LogP contribution in [0.4, 0.5) is 11.4 Å². The Bertz CT molecular complexity index is 964. The van der Waals surface area contributed by atoms with Crippen LogP contribution in [0.5, 0.6) is 11.5 Å². The molecule has 0 aliphatic carbocycles. The van der Waals surface area contributed by atoms with Crippen LogP contribution in [0.15, 0.2) is 42.5 Å². The maximum Gasteiger partial charge on any atom is 0.265 e. The van der Waals surface area contributed by atoms with Crippen molar-refractivity contribution < 1.29 is 22.7 Å². The first kappa shape index (κ1) is 19.3. The average molecular weight is 411 g/mol. The van der Waals surface area contributed by atoms with E-state index >= 15 is 0 Å². The Morgan fingerprint density at radius 2 is 2.04 bits per heavy atom. The molecule has 0 fully saturated rings. The lowest BCUT2D eigenvalue weighted by atomic mass is 10.2. The highest BCUT2D eigenvalue weighted by molar-refractivity contribution is 7.92. The van der Waals surface area contributed by atoms with E-state index in [1.54, 1.807) is 36.4 Å². The largest absolute Gasteiger partial charge is 0.495 e. The number of methoxy groups -OCH3 is 1. The molecule has 1 aliphatic rings. The zero-order chi connectivity index (χ0) is 19.6. The third-order valence-electron chi connectivity index (χ3n) is 4.11. The summed E-state index contributed by atoms with van der Waals surface area (Å²) in [5.74, 6) is 0.405. The van der Waals surface area contributed by atoms with Crippen molar-refractivity contribution in [3.8, 4) is 11.5 Å². The number of hydrogen-bond donors (Lipinski definition) is 1. The second-order valence-electron chi connectivity index (χ2n) is 6.03. The summed E-state index contributed by atoms with van der Waals surface area (Å²) in [6.45, 7) is 0.0934. The fraction of sp³-hybridized carbons (Fsp3) is 0.278. The molecule has 1 heterocycles. The fourth-order valence-electron chi connectivity index (χ4n) is 2.84. The van der Waals surface area contributed by atoms with Crippen molar-refractivity contribution >= 4 is 38.9 Å². The summed E-state index contributed by atoms with van der Waals surface area (Å²) in [6, 6.07) is 11.7. The minimum Gasteiger partial charge on any atom is -0.495 e. The number of benzene rings is 2. The second-order valence-corrected chi connectivity index (χ2v) is 8.38. The molecular formula is C18H19ClN2O5S. The van der Waals surface area contributed by atoms with E-state index in [1.807, 2.05) is 0 Å². The van der Waals surface area contributed by atoms with Crippen LogP contribution in [0.25, 0.3) is 0 Å².